The molecular weight excluding hydrogens is 290 g/mol. The van der Waals surface area contributed by atoms with Crippen LogP contribution in [0.2, 0.25) is 0 Å². The highest BCUT2D eigenvalue weighted by atomic mass is 16.1. The van der Waals surface area contributed by atoms with Gasteiger partial charge >= 0.3 is 0 Å². The Balaban J connectivity index is 1.85. The Morgan fingerprint density at radius 3 is 2.87 bits per heavy atom. The van der Waals surface area contributed by atoms with Crippen molar-refractivity contribution in [2.75, 3.05) is 13.6 Å². The summed E-state index contributed by atoms with van der Waals surface area (Å²) in [6.45, 7) is 1.97. The van der Waals surface area contributed by atoms with E-state index < -0.39 is 0 Å². The molecule has 0 aliphatic carbocycles. The fourth-order valence-corrected chi connectivity index (χ4v) is 3.48. The number of amides is 1. The smallest absolute Gasteiger partial charge is 0.267 e. The zero-order valence-electron chi connectivity index (χ0n) is 14.1. The van der Waals surface area contributed by atoms with Crippen LogP contribution in [0.15, 0.2) is 24.7 Å². The first kappa shape index (κ1) is 15.8. The van der Waals surface area contributed by atoms with E-state index in [0.717, 1.165) is 19.5 Å². The molecule has 6 heteroatoms. The molecule has 0 spiro atoms. The van der Waals surface area contributed by atoms with Gasteiger partial charge in [-0.2, -0.15) is 0 Å². The van der Waals surface area contributed by atoms with E-state index >= 15 is 0 Å². The lowest BCUT2D eigenvalue weighted by molar-refractivity contribution is 0.0952. The number of aryl methyl sites for hydroxylation is 1. The molecule has 1 saturated heterocycles. The van der Waals surface area contributed by atoms with Crippen LogP contribution in [-0.2, 0) is 20.6 Å². The number of piperidine rings is 1. The molecule has 6 nitrogen and oxygen atoms in total. The molecule has 23 heavy (non-hydrogen) atoms. The third kappa shape index (κ3) is 3.03. The van der Waals surface area contributed by atoms with Crippen LogP contribution in [0.3, 0.4) is 0 Å². The third-order valence-electron chi connectivity index (χ3n) is 4.86. The van der Waals surface area contributed by atoms with Gasteiger partial charge < -0.3 is 14.5 Å². The predicted octanol–water partition coefficient (Wildman–Crippen LogP) is 1.85. The van der Waals surface area contributed by atoms with Gasteiger partial charge in [-0.3, -0.25) is 9.69 Å². The maximum absolute atomic E-state index is 12.0. The minimum atomic E-state index is -0.0345. The van der Waals surface area contributed by atoms with Gasteiger partial charge in [-0.25, -0.2) is 4.98 Å². The number of nitrogens with zero attached hydrogens (tertiary/aromatic N) is 4. The Morgan fingerprint density at radius 2 is 2.17 bits per heavy atom. The average Bonchev–Trinajstić information content (AvgIpc) is 3.14. The van der Waals surface area contributed by atoms with E-state index in [2.05, 4.69) is 25.8 Å². The first-order valence-corrected chi connectivity index (χ1v) is 8.18. The molecule has 0 aromatic carbocycles. The summed E-state index contributed by atoms with van der Waals surface area (Å²) in [4.78, 5) is 18.7. The number of likely N-dealkylation sites (tertiary alicyclic amines) is 1. The number of aromatic nitrogens is 3. The summed E-state index contributed by atoms with van der Waals surface area (Å²) in [6.07, 6.45) is 7.37. The molecule has 0 unspecified atom stereocenters. The second kappa shape index (κ2) is 6.58. The second-order valence-electron chi connectivity index (χ2n) is 6.26. The average molecular weight is 315 g/mol. The first-order chi connectivity index (χ1) is 11.1. The van der Waals surface area contributed by atoms with Crippen LogP contribution in [0.1, 0.15) is 47.2 Å². The van der Waals surface area contributed by atoms with E-state index in [1.165, 1.54) is 24.2 Å². The highest BCUT2D eigenvalue weighted by molar-refractivity contribution is 5.92. The number of hydrogen-bond donors (Lipinski definition) is 1. The largest absolute Gasteiger partial charge is 0.354 e. The van der Waals surface area contributed by atoms with Crippen LogP contribution in [0.4, 0.5) is 0 Å². The van der Waals surface area contributed by atoms with E-state index in [-0.39, 0.29) is 5.91 Å². The zero-order chi connectivity index (χ0) is 16.4. The SMILES string of the molecule is CNC(=O)c1ccc([C@H]2CCCCN2Cc2cncn2C)n1C. The lowest BCUT2D eigenvalue weighted by Crippen LogP contribution is -2.34. The number of carbonyl (C=O) groups is 1. The van der Waals surface area contributed by atoms with E-state index in [1.54, 1.807) is 7.05 Å². The van der Waals surface area contributed by atoms with Gasteiger partial charge in [0.15, 0.2) is 0 Å². The van der Waals surface area contributed by atoms with Gasteiger partial charge in [0.05, 0.1) is 18.1 Å². The maximum atomic E-state index is 12.0. The molecule has 124 valence electrons. The molecule has 2 aromatic rings. The fraction of sp³-hybridized carbons (Fsp3) is 0.529. The topological polar surface area (TPSA) is 55.1 Å². The van der Waals surface area contributed by atoms with Crippen LogP contribution in [0.5, 0.6) is 0 Å². The summed E-state index contributed by atoms with van der Waals surface area (Å²) in [7, 11) is 5.69. The van der Waals surface area contributed by atoms with Crippen LogP contribution in [0.25, 0.3) is 0 Å². The monoisotopic (exact) mass is 315 g/mol. The van der Waals surface area contributed by atoms with Crippen LogP contribution >= 0.6 is 0 Å². The predicted molar refractivity (Wildman–Crippen MR) is 89.0 cm³/mol. The van der Waals surface area contributed by atoms with Gasteiger partial charge in [0.25, 0.3) is 5.91 Å². The Bertz CT molecular complexity index is 687. The highest BCUT2D eigenvalue weighted by Crippen LogP contribution is 2.32. The van der Waals surface area contributed by atoms with Crippen molar-refractivity contribution in [1.82, 2.24) is 24.3 Å². The number of hydrogen-bond acceptors (Lipinski definition) is 3. The normalized spacial score (nSPS) is 19.0. The number of nitrogens with one attached hydrogen (secondary N) is 1. The van der Waals surface area contributed by atoms with E-state index in [0.29, 0.717) is 11.7 Å². The molecule has 3 heterocycles. The van der Waals surface area contributed by atoms with Crippen molar-refractivity contribution in [2.45, 2.75) is 31.8 Å². The van der Waals surface area contributed by atoms with Crippen molar-refractivity contribution in [3.8, 4) is 0 Å². The van der Waals surface area contributed by atoms with Gasteiger partial charge in [-0.05, 0) is 31.5 Å². The molecule has 1 fully saturated rings. The Hall–Kier alpha value is -2.08. The van der Waals surface area contributed by atoms with Crippen molar-refractivity contribution in [2.24, 2.45) is 14.1 Å². The quantitative estimate of drug-likeness (QED) is 0.937. The summed E-state index contributed by atoms with van der Waals surface area (Å²) in [5.41, 5.74) is 3.15. The van der Waals surface area contributed by atoms with Crippen molar-refractivity contribution in [3.05, 3.63) is 41.7 Å². The number of imidazole rings is 1. The second-order valence-corrected chi connectivity index (χ2v) is 6.26. The molecule has 2 aromatic heterocycles. The minimum Gasteiger partial charge on any atom is -0.354 e. The summed E-state index contributed by atoms with van der Waals surface area (Å²) in [5.74, 6) is -0.0345. The summed E-state index contributed by atoms with van der Waals surface area (Å²) in [6, 6.07) is 4.36. The van der Waals surface area contributed by atoms with Crippen LogP contribution < -0.4 is 5.32 Å². The molecule has 1 N–H and O–H groups in total. The van der Waals surface area contributed by atoms with Crippen molar-refractivity contribution in [3.63, 3.8) is 0 Å². The molecule has 0 saturated carbocycles. The Morgan fingerprint density at radius 1 is 1.35 bits per heavy atom. The molecule has 1 aliphatic heterocycles. The Kier molecular flexibility index (Phi) is 4.52. The van der Waals surface area contributed by atoms with E-state index in [9.17, 15) is 4.79 Å². The number of carbonyl (C=O) groups excluding carboxylic acids is 1. The van der Waals surface area contributed by atoms with E-state index in [4.69, 9.17) is 0 Å². The standard InChI is InChI=1S/C17H25N5O/c1-18-17(23)16-8-7-14(21(16)3)15-6-4-5-9-22(15)11-13-10-19-12-20(13)2/h7-8,10,12,15H,4-6,9,11H2,1-3H3,(H,18,23)/t15-/m1/s1. The molecule has 0 bridgehead atoms. The lowest BCUT2D eigenvalue weighted by atomic mass is 9.99. The van der Waals surface area contributed by atoms with Gasteiger partial charge in [0, 0.05) is 39.6 Å². The van der Waals surface area contributed by atoms with Crippen molar-refractivity contribution in [1.29, 1.82) is 0 Å². The minimum absolute atomic E-state index is 0.0345. The highest BCUT2D eigenvalue weighted by Gasteiger charge is 2.27. The summed E-state index contributed by atoms with van der Waals surface area (Å²) in [5, 5.41) is 2.71. The number of rotatable bonds is 4. The molecular formula is C17H25N5O. The van der Waals surface area contributed by atoms with Gasteiger partial charge in [0.2, 0.25) is 0 Å². The van der Waals surface area contributed by atoms with Crippen molar-refractivity contribution < 1.29 is 4.79 Å². The lowest BCUT2D eigenvalue weighted by Gasteiger charge is -2.36. The molecule has 0 radical (unpaired) electrons. The summed E-state index contributed by atoms with van der Waals surface area (Å²) >= 11 is 0. The Labute approximate surface area is 137 Å². The first-order valence-electron chi connectivity index (χ1n) is 8.18. The molecule has 1 atom stereocenters. The van der Waals surface area contributed by atoms with Crippen LogP contribution in [0, 0.1) is 0 Å². The fourth-order valence-electron chi connectivity index (χ4n) is 3.48. The zero-order valence-corrected chi connectivity index (χ0v) is 14.1. The van der Waals surface area contributed by atoms with Gasteiger partial charge in [-0.1, -0.05) is 6.42 Å². The van der Waals surface area contributed by atoms with Crippen molar-refractivity contribution >= 4 is 5.91 Å². The van der Waals surface area contributed by atoms with Gasteiger partial charge in [0.1, 0.15) is 5.69 Å². The van der Waals surface area contributed by atoms with E-state index in [1.807, 2.05) is 37.3 Å². The molecule has 1 amide bonds. The molecule has 3 rings (SSSR count). The third-order valence-corrected chi connectivity index (χ3v) is 4.86. The van der Waals surface area contributed by atoms with Crippen LogP contribution in [-0.4, -0.2) is 38.5 Å². The van der Waals surface area contributed by atoms with Gasteiger partial charge in [-0.15, -0.1) is 0 Å². The maximum Gasteiger partial charge on any atom is 0.267 e. The molecule has 1 aliphatic rings. The summed E-state index contributed by atoms with van der Waals surface area (Å²) < 4.78 is 4.11.